The van der Waals surface area contributed by atoms with Crippen LogP contribution in [0.5, 0.6) is 0 Å². The molecule has 32 heavy (non-hydrogen) atoms. The van der Waals surface area contributed by atoms with Gasteiger partial charge in [0.1, 0.15) is 6.07 Å². The number of anilines is 1. The van der Waals surface area contributed by atoms with Crippen molar-refractivity contribution < 1.29 is 9.53 Å². The largest absolute Gasteiger partial charge is 0.381 e. The van der Waals surface area contributed by atoms with Crippen LogP contribution in [-0.4, -0.2) is 54.8 Å². The number of likely N-dealkylation sites (tertiary alicyclic amines) is 1. The number of carbonyl (C=O) groups is 1. The Hall–Kier alpha value is -2.95. The summed E-state index contributed by atoms with van der Waals surface area (Å²) in [5.74, 6) is 0.412. The minimum atomic E-state index is 0.0803. The molecule has 1 amide bonds. The normalized spacial score (nSPS) is 17.7. The maximum absolute atomic E-state index is 13.1. The molecule has 7 heteroatoms. The lowest BCUT2D eigenvalue weighted by molar-refractivity contribution is 0.0712. The minimum Gasteiger partial charge on any atom is -0.381 e. The van der Waals surface area contributed by atoms with Gasteiger partial charge < -0.3 is 15.0 Å². The molecular formula is C25H31N5O2. The van der Waals surface area contributed by atoms with Crippen molar-refractivity contribution in [3.05, 3.63) is 58.9 Å². The second-order valence-electron chi connectivity index (χ2n) is 8.62. The highest BCUT2D eigenvalue weighted by Gasteiger charge is 2.25. The summed E-state index contributed by atoms with van der Waals surface area (Å²) in [5.41, 5.74) is 4.43. The molecule has 2 aliphatic heterocycles. The standard InChI is InChI=1S/C25H31N5O2/c1-18-2-4-21(14-24(18)29-17-28-22-8-12-32-13-9-22)25(31)30-10-6-20(7-11-30)23-5-3-19(15-26)16-27-23/h2-5,14,16,20,22,28-29H,6-13,17H2,1H3. The number of nitrogens with zero attached hydrogens (tertiary/aromatic N) is 3. The van der Waals surface area contributed by atoms with Crippen LogP contribution in [0.15, 0.2) is 36.5 Å². The summed E-state index contributed by atoms with van der Waals surface area (Å²) in [6.07, 6.45) is 5.47. The number of hydrogen-bond acceptors (Lipinski definition) is 6. The Labute approximate surface area is 189 Å². The van der Waals surface area contributed by atoms with Crippen LogP contribution >= 0.6 is 0 Å². The number of nitriles is 1. The summed E-state index contributed by atoms with van der Waals surface area (Å²) in [6.45, 7) is 5.80. The minimum absolute atomic E-state index is 0.0803. The second kappa shape index (κ2) is 10.6. The Morgan fingerprint density at radius 3 is 2.66 bits per heavy atom. The molecule has 2 saturated heterocycles. The zero-order chi connectivity index (χ0) is 22.3. The summed E-state index contributed by atoms with van der Waals surface area (Å²) in [6, 6.07) is 12.2. The molecule has 0 atom stereocenters. The third-order valence-electron chi connectivity index (χ3n) is 6.49. The first-order chi connectivity index (χ1) is 15.6. The van der Waals surface area contributed by atoms with E-state index in [1.807, 2.05) is 35.2 Å². The summed E-state index contributed by atoms with van der Waals surface area (Å²) >= 11 is 0. The number of aryl methyl sites for hydroxylation is 1. The Morgan fingerprint density at radius 2 is 1.97 bits per heavy atom. The van der Waals surface area contributed by atoms with E-state index in [2.05, 4.69) is 28.6 Å². The molecule has 2 aliphatic rings. The van der Waals surface area contributed by atoms with Gasteiger partial charge in [0.2, 0.25) is 0 Å². The lowest BCUT2D eigenvalue weighted by Crippen LogP contribution is -2.38. The van der Waals surface area contributed by atoms with E-state index >= 15 is 0 Å². The number of aromatic nitrogens is 1. The van der Waals surface area contributed by atoms with Gasteiger partial charge in [-0.25, -0.2) is 0 Å². The average Bonchev–Trinajstić information content (AvgIpc) is 2.85. The highest BCUT2D eigenvalue weighted by atomic mass is 16.5. The van der Waals surface area contributed by atoms with Crippen LogP contribution in [0, 0.1) is 18.3 Å². The van der Waals surface area contributed by atoms with E-state index in [9.17, 15) is 4.79 Å². The molecule has 1 aromatic heterocycles. The van der Waals surface area contributed by atoms with Gasteiger partial charge >= 0.3 is 0 Å². The molecule has 0 bridgehead atoms. The number of piperidine rings is 1. The van der Waals surface area contributed by atoms with E-state index in [-0.39, 0.29) is 5.91 Å². The van der Waals surface area contributed by atoms with E-state index in [1.54, 1.807) is 6.20 Å². The Morgan fingerprint density at radius 1 is 1.19 bits per heavy atom. The van der Waals surface area contributed by atoms with Gasteiger partial charge in [-0.2, -0.15) is 5.26 Å². The van der Waals surface area contributed by atoms with Crippen molar-refractivity contribution in [1.82, 2.24) is 15.2 Å². The average molecular weight is 434 g/mol. The number of pyridine rings is 1. The number of rotatable bonds is 6. The quantitative estimate of drug-likeness (QED) is 0.679. The number of nitrogens with one attached hydrogen (secondary N) is 2. The van der Waals surface area contributed by atoms with Gasteiger partial charge in [0.15, 0.2) is 0 Å². The molecule has 0 unspecified atom stereocenters. The molecule has 0 saturated carbocycles. The van der Waals surface area contributed by atoms with Crippen LogP contribution in [-0.2, 0) is 4.74 Å². The van der Waals surface area contributed by atoms with Crippen molar-refractivity contribution >= 4 is 11.6 Å². The summed E-state index contributed by atoms with van der Waals surface area (Å²) in [5, 5.41) is 15.9. The fourth-order valence-electron chi connectivity index (χ4n) is 4.41. The molecule has 3 heterocycles. The van der Waals surface area contributed by atoms with Gasteiger partial charge in [-0.15, -0.1) is 0 Å². The molecule has 2 aromatic rings. The van der Waals surface area contributed by atoms with Gasteiger partial charge in [-0.3, -0.25) is 15.1 Å². The maximum Gasteiger partial charge on any atom is 0.253 e. The predicted octanol–water partition coefficient (Wildman–Crippen LogP) is 3.42. The topological polar surface area (TPSA) is 90.3 Å². The van der Waals surface area contributed by atoms with E-state index in [1.165, 1.54) is 0 Å². The van der Waals surface area contributed by atoms with Crippen molar-refractivity contribution in [3.63, 3.8) is 0 Å². The van der Waals surface area contributed by atoms with Crippen LogP contribution in [0.3, 0.4) is 0 Å². The van der Waals surface area contributed by atoms with Crippen molar-refractivity contribution in [2.45, 2.75) is 44.6 Å². The third kappa shape index (κ3) is 5.45. The molecule has 7 nitrogen and oxygen atoms in total. The monoisotopic (exact) mass is 433 g/mol. The van der Waals surface area contributed by atoms with Gasteiger partial charge in [0, 0.05) is 61.4 Å². The molecule has 0 radical (unpaired) electrons. The van der Waals surface area contributed by atoms with Crippen LogP contribution in [0.4, 0.5) is 5.69 Å². The fourth-order valence-corrected chi connectivity index (χ4v) is 4.41. The molecule has 2 N–H and O–H groups in total. The molecule has 1 aromatic carbocycles. The fraction of sp³-hybridized carbons (Fsp3) is 0.480. The van der Waals surface area contributed by atoms with Crippen LogP contribution < -0.4 is 10.6 Å². The Balaban J connectivity index is 1.32. The Bertz CT molecular complexity index is 955. The second-order valence-corrected chi connectivity index (χ2v) is 8.62. The number of benzene rings is 1. The van der Waals surface area contributed by atoms with Gasteiger partial charge in [-0.05, 0) is 62.4 Å². The molecular weight excluding hydrogens is 402 g/mol. The van der Waals surface area contributed by atoms with Gasteiger partial charge in [0.05, 0.1) is 12.2 Å². The number of ether oxygens (including phenoxy) is 1. The number of amides is 1. The van der Waals surface area contributed by atoms with Crippen molar-refractivity contribution in [3.8, 4) is 6.07 Å². The van der Waals surface area contributed by atoms with Crippen LogP contribution in [0.2, 0.25) is 0 Å². The lowest BCUT2D eigenvalue weighted by Gasteiger charge is -2.32. The van der Waals surface area contributed by atoms with Crippen molar-refractivity contribution in [2.75, 3.05) is 38.3 Å². The molecule has 0 spiro atoms. The third-order valence-corrected chi connectivity index (χ3v) is 6.49. The smallest absolute Gasteiger partial charge is 0.253 e. The van der Waals surface area contributed by atoms with E-state index in [0.29, 0.717) is 37.3 Å². The lowest BCUT2D eigenvalue weighted by atomic mass is 9.92. The Kier molecular flexibility index (Phi) is 7.35. The van der Waals surface area contributed by atoms with E-state index in [4.69, 9.17) is 10.00 Å². The molecule has 2 fully saturated rings. The summed E-state index contributed by atoms with van der Waals surface area (Å²) in [7, 11) is 0. The summed E-state index contributed by atoms with van der Waals surface area (Å²) in [4.78, 5) is 19.5. The van der Waals surface area contributed by atoms with Crippen molar-refractivity contribution in [2.24, 2.45) is 0 Å². The van der Waals surface area contributed by atoms with Gasteiger partial charge in [-0.1, -0.05) is 6.07 Å². The number of carbonyl (C=O) groups excluding carboxylic acids is 1. The predicted molar refractivity (Wildman–Crippen MR) is 123 cm³/mol. The first-order valence-electron chi connectivity index (χ1n) is 11.4. The molecule has 0 aliphatic carbocycles. The zero-order valence-electron chi connectivity index (χ0n) is 18.6. The SMILES string of the molecule is Cc1ccc(C(=O)N2CCC(c3ccc(C#N)cn3)CC2)cc1NCNC1CCOCC1. The maximum atomic E-state index is 13.1. The zero-order valence-corrected chi connectivity index (χ0v) is 18.6. The molecule has 4 rings (SSSR count). The highest BCUT2D eigenvalue weighted by Crippen LogP contribution is 2.28. The van der Waals surface area contributed by atoms with E-state index in [0.717, 1.165) is 61.4 Å². The van der Waals surface area contributed by atoms with Crippen molar-refractivity contribution in [1.29, 1.82) is 5.26 Å². The first-order valence-corrected chi connectivity index (χ1v) is 11.4. The first kappa shape index (κ1) is 22.3. The summed E-state index contributed by atoms with van der Waals surface area (Å²) < 4.78 is 5.41. The molecule has 168 valence electrons. The number of hydrogen-bond donors (Lipinski definition) is 2. The van der Waals surface area contributed by atoms with E-state index < -0.39 is 0 Å². The van der Waals surface area contributed by atoms with Crippen LogP contribution in [0.25, 0.3) is 0 Å². The van der Waals surface area contributed by atoms with Gasteiger partial charge in [0.25, 0.3) is 5.91 Å². The highest BCUT2D eigenvalue weighted by molar-refractivity contribution is 5.95. The van der Waals surface area contributed by atoms with Crippen LogP contribution in [0.1, 0.15) is 58.8 Å².